The first kappa shape index (κ1) is 16.1. The molecular formula is C18H16ClN3O3. The molecule has 25 heavy (non-hydrogen) atoms. The van der Waals surface area contributed by atoms with Crippen molar-refractivity contribution in [2.45, 2.75) is 24.5 Å². The van der Waals surface area contributed by atoms with E-state index in [-0.39, 0.29) is 10.8 Å². The average Bonchev–Trinajstić information content (AvgIpc) is 3.14. The van der Waals surface area contributed by atoms with Gasteiger partial charge in [-0.3, -0.25) is 19.9 Å². The van der Waals surface area contributed by atoms with E-state index in [1.165, 1.54) is 0 Å². The first-order valence-electron chi connectivity index (χ1n) is 8.10. The zero-order valence-electron chi connectivity index (χ0n) is 13.3. The maximum absolute atomic E-state index is 12.5. The quantitative estimate of drug-likeness (QED) is 0.624. The third-order valence-corrected chi connectivity index (χ3v) is 5.17. The number of hydrogen-bond acceptors (Lipinski definition) is 4. The molecule has 0 saturated carbocycles. The van der Waals surface area contributed by atoms with Crippen LogP contribution < -0.4 is 0 Å². The van der Waals surface area contributed by atoms with Gasteiger partial charge in [0, 0.05) is 22.9 Å². The van der Waals surface area contributed by atoms with Gasteiger partial charge in [-0.2, -0.15) is 0 Å². The summed E-state index contributed by atoms with van der Waals surface area (Å²) >= 11 is 5.96. The smallest absolute Gasteiger partial charge is 0.259 e. The summed E-state index contributed by atoms with van der Waals surface area (Å²) in [4.78, 5) is 24.2. The molecule has 2 heterocycles. The van der Waals surface area contributed by atoms with E-state index in [4.69, 9.17) is 11.6 Å². The van der Waals surface area contributed by atoms with Crippen molar-refractivity contribution >= 4 is 17.5 Å². The Balaban J connectivity index is 1.85. The van der Waals surface area contributed by atoms with Crippen molar-refractivity contribution in [3.8, 4) is 0 Å². The molecule has 0 bridgehead atoms. The number of nitrogens with zero attached hydrogens (tertiary/aromatic N) is 3. The van der Waals surface area contributed by atoms with Gasteiger partial charge < -0.3 is 0 Å². The maximum atomic E-state index is 12.5. The first-order chi connectivity index (χ1) is 12.1. The van der Waals surface area contributed by atoms with Gasteiger partial charge >= 0.3 is 0 Å². The minimum Gasteiger partial charge on any atom is -0.273 e. The number of rotatable bonds is 3. The standard InChI is InChI=1S/C18H16ClN3O3/c19-14-8-6-13(7-9-14)17-18(22(24)25)16(12-4-2-1-3-5-12)20-11-10-15(23)21(17)20/h1-9,16-18H,10-11H2/t16-,17+,18-/m0/s1. The second-order valence-electron chi connectivity index (χ2n) is 6.28. The highest BCUT2D eigenvalue weighted by Crippen LogP contribution is 2.48. The van der Waals surface area contributed by atoms with Crippen LogP contribution >= 0.6 is 11.6 Å². The Hall–Kier alpha value is -2.44. The third kappa shape index (κ3) is 2.58. The molecule has 3 atom stereocenters. The predicted molar refractivity (Wildman–Crippen MR) is 92.3 cm³/mol. The third-order valence-electron chi connectivity index (χ3n) is 4.91. The molecule has 2 aromatic carbocycles. The Morgan fingerprint density at radius 3 is 2.28 bits per heavy atom. The molecular weight excluding hydrogens is 342 g/mol. The topological polar surface area (TPSA) is 66.7 Å². The van der Waals surface area contributed by atoms with Gasteiger partial charge in [-0.05, 0) is 23.3 Å². The van der Waals surface area contributed by atoms with E-state index in [0.717, 1.165) is 11.1 Å². The fourth-order valence-corrected chi connectivity index (χ4v) is 4.03. The lowest BCUT2D eigenvalue weighted by Gasteiger charge is -2.26. The van der Waals surface area contributed by atoms with E-state index >= 15 is 0 Å². The van der Waals surface area contributed by atoms with E-state index in [0.29, 0.717) is 18.0 Å². The summed E-state index contributed by atoms with van der Waals surface area (Å²) in [6.07, 6.45) is 0.373. The number of carbonyl (C=O) groups excluding carboxylic acids is 1. The molecule has 0 unspecified atom stereocenters. The van der Waals surface area contributed by atoms with Crippen LogP contribution in [0.2, 0.25) is 5.02 Å². The lowest BCUT2D eigenvalue weighted by atomic mass is 9.91. The summed E-state index contributed by atoms with van der Waals surface area (Å²) in [6, 6.07) is 14.3. The predicted octanol–water partition coefficient (Wildman–Crippen LogP) is 3.23. The Kier molecular flexibility index (Phi) is 3.94. The van der Waals surface area contributed by atoms with E-state index < -0.39 is 18.1 Å². The molecule has 6 nitrogen and oxygen atoms in total. The molecule has 0 aromatic heterocycles. The molecule has 0 radical (unpaired) electrons. The lowest BCUT2D eigenvalue weighted by Crippen LogP contribution is -2.35. The highest BCUT2D eigenvalue weighted by atomic mass is 35.5. The van der Waals surface area contributed by atoms with Gasteiger partial charge in [-0.15, -0.1) is 0 Å². The number of nitro groups is 1. The Morgan fingerprint density at radius 2 is 1.64 bits per heavy atom. The second-order valence-corrected chi connectivity index (χ2v) is 6.72. The first-order valence-corrected chi connectivity index (χ1v) is 8.48. The number of hydrazine groups is 1. The van der Waals surface area contributed by atoms with Crippen molar-refractivity contribution in [3.05, 3.63) is 80.9 Å². The van der Waals surface area contributed by atoms with Crippen LogP contribution in [0.25, 0.3) is 0 Å². The number of halogens is 1. The maximum Gasteiger partial charge on any atom is 0.259 e. The highest BCUT2D eigenvalue weighted by molar-refractivity contribution is 6.30. The Bertz CT molecular complexity index is 812. The molecule has 0 spiro atoms. The van der Waals surface area contributed by atoms with Crippen LogP contribution in [0, 0.1) is 10.1 Å². The van der Waals surface area contributed by atoms with Crippen molar-refractivity contribution in [2.24, 2.45) is 0 Å². The molecule has 2 aliphatic heterocycles. The van der Waals surface area contributed by atoms with Crippen LogP contribution in [0.3, 0.4) is 0 Å². The van der Waals surface area contributed by atoms with Crippen molar-refractivity contribution in [1.82, 2.24) is 10.0 Å². The van der Waals surface area contributed by atoms with E-state index in [1.807, 2.05) is 35.3 Å². The van der Waals surface area contributed by atoms with Gasteiger partial charge in [0.1, 0.15) is 12.1 Å². The summed E-state index contributed by atoms with van der Waals surface area (Å²) in [6.45, 7) is 0.493. The van der Waals surface area contributed by atoms with Crippen molar-refractivity contribution in [2.75, 3.05) is 6.54 Å². The minimum atomic E-state index is -0.937. The molecule has 128 valence electrons. The largest absolute Gasteiger partial charge is 0.273 e. The molecule has 0 aliphatic carbocycles. The zero-order chi connectivity index (χ0) is 17.6. The van der Waals surface area contributed by atoms with E-state index in [9.17, 15) is 14.9 Å². The van der Waals surface area contributed by atoms with Gasteiger partial charge in [-0.25, -0.2) is 5.01 Å². The molecule has 2 aliphatic rings. The summed E-state index contributed by atoms with van der Waals surface area (Å²) < 4.78 is 0. The molecule has 4 rings (SSSR count). The summed E-state index contributed by atoms with van der Waals surface area (Å²) in [5.41, 5.74) is 1.57. The average molecular weight is 358 g/mol. The fourth-order valence-electron chi connectivity index (χ4n) is 3.91. The molecule has 2 fully saturated rings. The minimum absolute atomic E-state index is 0.0785. The van der Waals surface area contributed by atoms with Crippen LogP contribution in [0.5, 0.6) is 0 Å². The fraction of sp³-hybridized carbons (Fsp3) is 0.278. The molecule has 1 amide bonds. The number of amides is 1. The van der Waals surface area contributed by atoms with Crippen LogP contribution in [-0.2, 0) is 4.79 Å². The Morgan fingerprint density at radius 1 is 1.00 bits per heavy atom. The number of fused-ring (bicyclic) bond motifs is 1. The molecule has 2 saturated heterocycles. The SMILES string of the molecule is O=C1CCN2[C@@H](c3ccccc3)[C@H]([N+](=O)[O-])[C@@H](c3ccc(Cl)cc3)N12. The second kappa shape index (κ2) is 6.13. The molecule has 2 aromatic rings. The number of benzene rings is 2. The number of hydrogen-bond donors (Lipinski definition) is 0. The van der Waals surface area contributed by atoms with Crippen LogP contribution in [0.1, 0.15) is 29.6 Å². The summed E-state index contributed by atoms with van der Waals surface area (Å²) in [5.74, 6) is -0.0785. The van der Waals surface area contributed by atoms with Gasteiger partial charge in [0.2, 0.25) is 5.91 Å². The van der Waals surface area contributed by atoms with Crippen molar-refractivity contribution < 1.29 is 9.72 Å². The molecule has 7 heteroatoms. The van der Waals surface area contributed by atoms with Gasteiger partial charge in [0.05, 0.1) is 0 Å². The van der Waals surface area contributed by atoms with Crippen LogP contribution in [0.4, 0.5) is 0 Å². The summed E-state index contributed by atoms with van der Waals surface area (Å²) in [5, 5.41) is 16.0. The van der Waals surface area contributed by atoms with Crippen LogP contribution in [-0.4, -0.2) is 33.4 Å². The lowest BCUT2D eigenvalue weighted by molar-refractivity contribution is -0.530. The van der Waals surface area contributed by atoms with Gasteiger partial charge in [0.15, 0.2) is 0 Å². The summed E-state index contributed by atoms with van der Waals surface area (Å²) in [7, 11) is 0. The molecule has 0 N–H and O–H groups in total. The van der Waals surface area contributed by atoms with Crippen LogP contribution in [0.15, 0.2) is 54.6 Å². The van der Waals surface area contributed by atoms with E-state index in [2.05, 4.69) is 0 Å². The highest BCUT2D eigenvalue weighted by Gasteiger charge is 2.59. The van der Waals surface area contributed by atoms with Gasteiger partial charge in [-0.1, -0.05) is 54.1 Å². The monoisotopic (exact) mass is 357 g/mol. The van der Waals surface area contributed by atoms with Gasteiger partial charge in [0.25, 0.3) is 6.04 Å². The van der Waals surface area contributed by atoms with Crippen molar-refractivity contribution in [3.63, 3.8) is 0 Å². The normalized spacial score (nSPS) is 26.0. The number of carbonyl (C=O) groups is 1. The Labute approximate surface area is 149 Å². The zero-order valence-corrected chi connectivity index (χ0v) is 14.0. The van der Waals surface area contributed by atoms with Crippen molar-refractivity contribution in [1.29, 1.82) is 0 Å². The van der Waals surface area contributed by atoms with E-state index in [1.54, 1.807) is 29.3 Å².